The normalized spacial score (nSPS) is 12.1. The van der Waals surface area contributed by atoms with E-state index in [2.05, 4.69) is 15.3 Å². The lowest BCUT2D eigenvalue weighted by Crippen LogP contribution is -2.11. The average Bonchev–Trinajstić information content (AvgIpc) is 2.83. The molecule has 0 spiro atoms. The van der Waals surface area contributed by atoms with Gasteiger partial charge in [-0.3, -0.25) is 0 Å². The summed E-state index contributed by atoms with van der Waals surface area (Å²) in [6.07, 6.45) is 3.46. The standard InChI is InChI=1S/C11H12N4S2/c1-7(11-13-4-5-17-11)15-9-3-2-8(6-14-9)10(12)16/h2-7H,1H3,(H2,12,16)(H,14,15). The molecule has 1 atom stereocenters. The molecular weight excluding hydrogens is 252 g/mol. The van der Waals surface area contributed by atoms with Gasteiger partial charge in [0.1, 0.15) is 15.8 Å². The van der Waals surface area contributed by atoms with Crippen molar-refractivity contribution >= 4 is 34.4 Å². The van der Waals surface area contributed by atoms with Crippen molar-refractivity contribution < 1.29 is 0 Å². The van der Waals surface area contributed by atoms with E-state index in [0.29, 0.717) is 4.99 Å². The molecule has 2 rings (SSSR count). The fraction of sp³-hybridized carbons (Fsp3) is 0.182. The van der Waals surface area contributed by atoms with Crippen LogP contribution in [0.15, 0.2) is 29.9 Å². The van der Waals surface area contributed by atoms with Crippen molar-refractivity contribution in [3.63, 3.8) is 0 Å². The summed E-state index contributed by atoms with van der Waals surface area (Å²) in [5, 5.41) is 6.25. The van der Waals surface area contributed by atoms with Gasteiger partial charge in [-0.25, -0.2) is 9.97 Å². The van der Waals surface area contributed by atoms with E-state index in [1.165, 1.54) is 0 Å². The molecule has 17 heavy (non-hydrogen) atoms. The van der Waals surface area contributed by atoms with Crippen molar-refractivity contribution in [3.05, 3.63) is 40.5 Å². The third-order valence-electron chi connectivity index (χ3n) is 2.23. The van der Waals surface area contributed by atoms with Gasteiger partial charge in [0, 0.05) is 23.3 Å². The zero-order valence-corrected chi connectivity index (χ0v) is 10.9. The third-order valence-corrected chi connectivity index (χ3v) is 3.43. The number of rotatable bonds is 4. The molecule has 0 aliphatic carbocycles. The fourth-order valence-electron chi connectivity index (χ4n) is 1.36. The molecule has 3 N–H and O–H groups in total. The zero-order chi connectivity index (χ0) is 12.3. The highest BCUT2D eigenvalue weighted by Gasteiger charge is 2.08. The van der Waals surface area contributed by atoms with Crippen LogP contribution >= 0.6 is 23.6 Å². The van der Waals surface area contributed by atoms with Gasteiger partial charge in [-0.05, 0) is 19.1 Å². The zero-order valence-electron chi connectivity index (χ0n) is 9.25. The Morgan fingerprint density at radius 3 is 2.82 bits per heavy atom. The summed E-state index contributed by atoms with van der Waals surface area (Å²) in [6, 6.07) is 3.85. The molecule has 6 heteroatoms. The summed E-state index contributed by atoms with van der Waals surface area (Å²) >= 11 is 6.48. The van der Waals surface area contributed by atoms with Crippen molar-refractivity contribution in [2.45, 2.75) is 13.0 Å². The monoisotopic (exact) mass is 264 g/mol. The number of nitrogens with one attached hydrogen (secondary N) is 1. The van der Waals surface area contributed by atoms with E-state index in [9.17, 15) is 0 Å². The molecule has 0 aromatic carbocycles. The lowest BCUT2D eigenvalue weighted by atomic mass is 10.3. The lowest BCUT2D eigenvalue weighted by Gasteiger charge is -2.11. The molecule has 2 aromatic heterocycles. The second-order valence-corrected chi connectivity index (χ2v) is 4.90. The minimum Gasteiger partial charge on any atom is -0.389 e. The Bertz CT molecular complexity index is 493. The van der Waals surface area contributed by atoms with Gasteiger partial charge in [-0.15, -0.1) is 11.3 Å². The molecule has 88 valence electrons. The van der Waals surface area contributed by atoms with Gasteiger partial charge in [0.25, 0.3) is 0 Å². The molecule has 0 radical (unpaired) electrons. The lowest BCUT2D eigenvalue weighted by molar-refractivity contribution is 0.861. The molecule has 2 heterocycles. The molecule has 1 unspecified atom stereocenters. The average molecular weight is 264 g/mol. The molecule has 0 aliphatic rings. The first kappa shape index (κ1) is 11.9. The number of anilines is 1. The number of hydrogen-bond acceptors (Lipinski definition) is 5. The van der Waals surface area contributed by atoms with Gasteiger partial charge in [0.2, 0.25) is 0 Å². The van der Waals surface area contributed by atoms with Crippen LogP contribution in [0.4, 0.5) is 5.82 Å². The number of hydrogen-bond donors (Lipinski definition) is 2. The predicted octanol–water partition coefficient (Wildman–Crippen LogP) is 2.35. The van der Waals surface area contributed by atoms with Crippen LogP contribution in [-0.2, 0) is 0 Å². The second kappa shape index (κ2) is 5.20. The first-order valence-electron chi connectivity index (χ1n) is 5.08. The Labute approximate surface area is 109 Å². The minimum atomic E-state index is 0.137. The van der Waals surface area contributed by atoms with E-state index < -0.39 is 0 Å². The van der Waals surface area contributed by atoms with Crippen molar-refractivity contribution in [3.8, 4) is 0 Å². The summed E-state index contributed by atoms with van der Waals surface area (Å²) in [5.41, 5.74) is 6.28. The van der Waals surface area contributed by atoms with Crippen LogP contribution in [0.5, 0.6) is 0 Å². The van der Waals surface area contributed by atoms with E-state index in [4.69, 9.17) is 18.0 Å². The number of aromatic nitrogens is 2. The summed E-state index contributed by atoms with van der Waals surface area (Å²) in [7, 11) is 0. The summed E-state index contributed by atoms with van der Waals surface area (Å²) < 4.78 is 0. The van der Waals surface area contributed by atoms with Gasteiger partial charge < -0.3 is 11.1 Å². The van der Waals surface area contributed by atoms with Crippen LogP contribution in [-0.4, -0.2) is 15.0 Å². The van der Waals surface area contributed by atoms with E-state index in [1.807, 2.05) is 24.4 Å². The van der Waals surface area contributed by atoms with Crippen molar-refractivity contribution in [1.82, 2.24) is 9.97 Å². The second-order valence-electron chi connectivity index (χ2n) is 3.53. The highest BCUT2D eigenvalue weighted by molar-refractivity contribution is 7.80. The van der Waals surface area contributed by atoms with Gasteiger partial charge >= 0.3 is 0 Å². The smallest absolute Gasteiger partial charge is 0.126 e. The summed E-state index contributed by atoms with van der Waals surface area (Å²) in [6.45, 7) is 2.04. The van der Waals surface area contributed by atoms with Crippen LogP contribution < -0.4 is 11.1 Å². The van der Waals surface area contributed by atoms with Gasteiger partial charge in [-0.2, -0.15) is 0 Å². The van der Waals surface area contributed by atoms with Crippen LogP contribution in [0.25, 0.3) is 0 Å². The molecule has 0 amide bonds. The Balaban J connectivity index is 2.06. The number of nitrogens with two attached hydrogens (primary N) is 1. The Morgan fingerprint density at radius 1 is 1.47 bits per heavy atom. The molecule has 2 aromatic rings. The molecule has 0 saturated carbocycles. The molecule has 0 aliphatic heterocycles. The molecule has 4 nitrogen and oxygen atoms in total. The minimum absolute atomic E-state index is 0.137. The molecule has 0 fully saturated rings. The number of nitrogens with zero attached hydrogens (tertiary/aromatic N) is 2. The first-order chi connectivity index (χ1) is 8.16. The van der Waals surface area contributed by atoms with Gasteiger partial charge in [-0.1, -0.05) is 12.2 Å². The number of thiazole rings is 1. The van der Waals surface area contributed by atoms with Crippen LogP contribution in [0, 0.1) is 0 Å². The Hall–Kier alpha value is -1.53. The predicted molar refractivity (Wildman–Crippen MR) is 74.3 cm³/mol. The van der Waals surface area contributed by atoms with Gasteiger partial charge in [0.05, 0.1) is 6.04 Å². The fourth-order valence-corrected chi connectivity index (χ4v) is 2.12. The van der Waals surface area contributed by atoms with Crippen LogP contribution in [0.1, 0.15) is 23.5 Å². The maximum absolute atomic E-state index is 5.50. The van der Waals surface area contributed by atoms with E-state index in [1.54, 1.807) is 23.7 Å². The number of pyridine rings is 1. The maximum atomic E-state index is 5.50. The SMILES string of the molecule is CC(Nc1ccc(C(N)=S)cn1)c1nccs1. The highest BCUT2D eigenvalue weighted by atomic mass is 32.1. The first-order valence-corrected chi connectivity index (χ1v) is 6.37. The topological polar surface area (TPSA) is 63.8 Å². The molecular formula is C11H12N4S2. The van der Waals surface area contributed by atoms with E-state index in [0.717, 1.165) is 16.4 Å². The number of thiocarbonyl (C=S) groups is 1. The Kier molecular flexibility index (Phi) is 3.65. The summed E-state index contributed by atoms with van der Waals surface area (Å²) in [5.74, 6) is 0.785. The largest absolute Gasteiger partial charge is 0.389 e. The van der Waals surface area contributed by atoms with E-state index in [-0.39, 0.29) is 6.04 Å². The maximum Gasteiger partial charge on any atom is 0.126 e. The van der Waals surface area contributed by atoms with Crippen molar-refractivity contribution in [2.24, 2.45) is 5.73 Å². The van der Waals surface area contributed by atoms with Crippen LogP contribution in [0.3, 0.4) is 0 Å². The van der Waals surface area contributed by atoms with Crippen molar-refractivity contribution in [1.29, 1.82) is 0 Å². The van der Waals surface area contributed by atoms with Crippen LogP contribution in [0.2, 0.25) is 0 Å². The molecule has 0 bridgehead atoms. The van der Waals surface area contributed by atoms with Crippen molar-refractivity contribution in [2.75, 3.05) is 5.32 Å². The Morgan fingerprint density at radius 2 is 2.29 bits per heavy atom. The molecule has 0 saturated heterocycles. The highest BCUT2D eigenvalue weighted by Crippen LogP contribution is 2.19. The van der Waals surface area contributed by atoms with Gasteiger partial charge in [0.15, 0.2) is 0 Å². The van der Waals surface area contributed by atoms with E-state index >= 15 is 0 Å². The quantitative estimate of drug-likeness (QED) is 0.830. The summed E-state index contributed by atoms with van der Waals surface area (Å²) in [4.78, 5) is 8.85. The third kappa shape index (κ3) is 2.98.